The first-order valence-corrected chi connectivity index (χ1v) is 13.3. The van der Waals surface area contributed by atoms with E-state index in [1.807, 2.05) is 39.3 Å². The number of rotatable bonds is 5. The average Bonchev–Trinajstić information content (AvgIpc) is 3.53. The molecule has 39 heavy (non-hydrogen) atoms. The summed E-state index contributed by atoms with van der Waals surface area (Å²) in [5.41, 5.74) is 7.07. The van der Waals surface area contributed by atoms with Gasteiger partial charge in [-0.1, -0.05) is 24.3 Å². The van der Waals surface area contributed by atoms with Crippen LogP contribution in [0.15, 0.2) is 55.0 Å². The molecule has 0 unspecified atom stereocenters. The smallest absolute Gasteiger partial charge is 0.236 e. The van der Waals surface area contributed by atoms with Gasteiger partial charge < -0.3 is 15.1 Å². The molecule has 1 fully saturated rings. The minimum absolute atomic E-state index is 0.183. The summed E-state index contributed by atoms with van der Waals surface area (Å²) in [5, 5.41) is 14.1. The highest BCUT2D eigenvalue weighted by atomic mass is 19.1. The van der Waals surface area contributed by atoms with E-state index in [2.05, 4.69) is 33.6 Å². The summed E-state index contributed by atoms with van der Waals surface area (Å²) in [5.74, 6) is 1.00. The van der Waals surface area contributed by atoms with Gasteiger partial charge in [-0.05, 0) is 50.7 Å². The molecule has 0 radical (unpaired) electrons. The molecule has 2 aliphatic rings. The molecule has 0 saturated carbocycles. The normalized spacial score (nSPS) is 15.2. The summed E-state index contributed by atoms with van der Waals surface area (Å²) in [6.07, 6.45) is 5.41. The second kappa shape index (κ2) is 9.16. The molecular formula is C29H29FN8O. The quantitative estimate of drug-likeness (QED) is 0.363. The Morgan fingerprint density at radius 2 is 1.90 bits per heavy atom. The van der Waals surface area contributed by atoms with Crippen molar-refractivity contribution < 1.29 is 9.18 Å². The number of piperidine rings is 1. The number of nitrogens with one attached hydrogen (secondary N) is 1. The van der Waals surface area contributed by atoms with Gasteiger partial charge in [-0.25, -0.2) is 13.9 Å². The van der Waals surface area contributed by atoms with Crippen LogP contribution in [0.2, 0.25) is 0 Å². The Labute approximate surface area is 224 Å². The van der Waals surface area contributed by atoms with Gasteiger partial charge in [0.1, 0.15) is 23.2 Å². The number of hydrogen-bond donors (Lipinski definition) is 1. The fourth-order valence-corrected chi connectivity index (χ4v) is 5.92. The van der Waals surface area contributed by atoms with Crippen LogP contribution < -0.4 is 5.32 Å². The van der Waals surface area contributed by atoms with Gasteiger partial charge in [-0.15, -0.1) is 0 Å². The highest BCUT2D eigenvalue weighted by Crippen LogP contribution is 2.46. The van der Waals surface area contributed by atoms with Gasteiger partial charge in [-0.3, -0.25) is 9.48 Å². The van der Waals surface area contributed by atoms with E-state index in [1.165, 1.54) is 12.1 Å². The molecule has 1 saturated heterocycles. The minimum atomic E-state index is -0.245. The maximum absolute atomic E-state index is 13.3. The van der Waals surface area contributed by atoms with Gasteiger partial charge in [0.05, 0.1) is 18.8 Å². The molecule has 9 nitrogen and oxygen atoms in total. The summed E-state index contributed by atoms with van der Waals surface area (Å²) in [7, 11) is 3.85. The standard InChI is InChI=1S/C29H29FN8O/c1-35(2)16-25(39)36-11-9-19(10-12-36)24-13-23-22-8-5-20-15-37(14-18-3-6-21(30)7-4-18)34-26(20)27(22)33-29-28(23)38(24)32-17-31-29/h3-8,13,15,17,19H,9-12,14,16H2,1-2H3,(H,31,32,33). The zero-order valence-electron chi connectivity index (χ0n) is 21.9. The van der Waals surface area contributed by atoms with E-state index in [9.17, 15) is 9.18 Å². The van der Waals surface area contributed by atoms with Gasteiger partial charge >= 0.3 is 0 Å². The monoisotopic (exact) mass is 524 g/mol. The maximum Gasteiger partial charge on any atom is 0.236 e. The van der Waals surface area contributed by atoms with E-state index in [-0.39, 0.29) is 11.7 Å². The van der Waals surface area contributed by atoms with Crippen LogP contribution in [0.4, 0.5) is 15.9 Å². The summed E-state index contributed by atoms with van der Waals surface area (Å²) in [6, 6.07) is 13.0. The van der Waals surface area contributed by atoms with Crippen LogP contribution in [-0.2, 0) is 11.3 Å². The highest BCUT2D eigenvalue weighted by molar-refractivity contribution is 6.08. The molecule has 10 heteroatoms. The van der Waals surface area contributed by atoms with Crippen molar-refractivity contribution in [2.75, 3.05) is 39.0 Å². The van der Waals surface area contributed by atoms with Crippen LogP contribution in [0.5, 0.6) is 0 Å². The molecule has 198 valence electrons. The van der Waals surface area contributed by atoms with Crippen molar-refractivity contribution in [1.82, 2.24) is 34.2 Å². The van der Waals surface area contributed by atoms with E-state index in [0.717, 1.165) is 76.2 Å². The number of aromatic nitrogens is 5. The fraction of sp³-hybridized carbons (Fsp3) is 0.310. The van der Waals surface area contributed by atoms with Crippen LogP contribution >= 0.6 is 0 Å². The molecular weight excluding hydrogens is 495 g/mol. The lowest BCUT2D eigenvalue weighted by Gasteiger charge is -2.32. The molecule has 1 N–H and O–H groups in total. The molecule has 0 bridgehead atoms. The van der Waals surface area contributed by atoms with Crippen molar-refractivity contribution in [3.8, 4) is 11.1 Å². The van der Waals surface area contributed by atoms with Crippen LogP contribution in [-0.4, -0.2) is 73.8 Å². The van der Waals surface area contributed by atoms with E-state index < -0.39 is 0 Å². The van der Waals surface area contributed by atoms with Gasteiger partial charge in [-0.2, -0.15) is 10.2 Å². The summed E-state index contributed by atoms with van der Waals surface area (Å²) >= 11 is 0. The molecule has 2 aliphatic heterocycles. The van der Waals surface area contributed by atoms with E-state index >= 15 is 0 Å². The third-order valence-electron chi connectivity index (χ3n) is 7.82. The van der Waals surface area contributed by atoms with Crippen LogP contribution in [0.1, 0.15) is 30.0 Å². The first-order valence-electron chi connectivity index (χ1n) is 13.3. The number of fused-ring (bicyclic) bond motifs is 4. The molecule has 5 aromatic rings. The Morgan fingerprint density at radius 3 is 2.67 bits per heavy atom. The predicted molar refractivity (Wildman–Crippen MR) is 148 cm³/mol. The molecule has 0 aliphatic carbocycles. The predicted octanol–water partition coefficient (Wildman–Crippen LogP) is 4.26. The molecule has 0 atom stereocenters. The molecule has 7 rings (SSSR count). The van der Waals surface area contributed by atoms with Gasteiger partial charge in [0.15, 0.2) is 5.82 Å². The van der Waals surface area contributed by atoms with Gasteiger partial charge in [0.2, 0.25) is 5.91 Å². The number of benzene rings is 2. The summed E-state index contributed by atoms with van der Waals surface area (Å²) in [4.78, 5) is 21.0. The first kappa shape index (κ1) is 23.8. The molecule has 0 spiro atoms. The number of nitrogens with zero attached hydrogens (tertiary/aromatic N) is 7. The number of likely N-dealkylation sites (tertiary alicyclic amines) is 1. The Balaban J connectivity index is 1.22. The second-order valence-electron chi connectivity index (χ2n) is 10.7. The molecule has 1 amide bonds. The van der Waals surface area contributed by atoms with E-state index in [1.54, 1.807) is 18.5 Å². The zero-order chi connectivity index (χ0) is 26.7. The lowest BCUT2D eigenvalue weighted by Crippen LogP contribution is -2.42. The lowest BCUT2D eigenvalue weighted by molar-refractivity contribution is -0.132. The van der Waals surface area contributed by atoms with Gasteiger partial charge in [0.25, 0.3) is 0 Å². The van der Waals surface area contributed by atoms with Crippen LogP contribution in [0.3, 0.4) is 0 Å². The maximum atomic E-state index is 13.3. The topological polar surface area (TPSA) is 83.6 Å². The average molecular weight is 525 g/mol. The Hall–Kier alpha value is -4.31. The zero-order valence-corrected chi connectivity index (χ0v) is 21.9. The van der Waals surface area contributed by atoms with Gasteiger partial charge in [0, 0.05) is 47.4 Å². The largest absolute Gasteiger partial charge is 0.342 e. The van der Waals surface area contributed by atoms with Crippen molar-refractivity contribution in [2.24, 2.45) is 0 Å². The third-order valence-corrected chi connectivity index (χ3v) is 7.82. The van der Waals surface area contributed by atoms with Crippen molar-refractivity contribution in [3.63, 3.8) is 0 Å². The summed E-state index contributed by atoms with van der Waals surface area (Å²) < 4.78 is 17.3. The van der Waals surface area contributed by atoms with E-state index in [0.29, 0.717) is 19.0 Å². The van der Waals surface area contributed by atoms with E-state index in [4.69, 9.17) is 5.10 Å². The fourth-order valence-electron chi connectivity index (χ4n) is 5.92. The molecule has 5 heterocycles. The number of carbonyl (C=O) groups is 1. The number of likely N-dealkylation sites (N-methyl/N-ethyl adjacent to an activating group) is 1. The first-order chi connectivity index (χ1) is 18.9. The number of hydrogen-bond acceptors (Lipinski definition) is 6. The molecule has 2 aromatic carbocycles. The third kappa shape index (κ3) is 4.11. The lowest BCUT2D eigenvalue weighted by atomic mass is 9.92. The number of carbonyl (C=O) groups excluding carboxylic acids is 1. The Morgan fingerprint density at radius 1 is 1.10 bits per heavy atom. The number of amides is 1. The number of anilines is 2. The van der Waals surface area contributed by atoms with Crippen molar-refractivity contribution >= 4 is 33.8 Å². The van der Waals surface area contributed by atoms with Crippen molar-refractivity contribution in [2.45, 2.75) is 25.3 Å². The molecule has 3 aromatic heterocycles. The minimum Gasteiger partial charge on any atom is -0.342 e. The summed E-state index contributed by atoms with van der Waals surface area (Å²) in [6.45, 7) is 2.49. The van der Waals surface area contributed by atoms with Crippen LogP contribution in [0.25, 0.3) is 27.5 Å². The number of halogens is 1. The van der Waals surface area contributed by atoms with Crippen molar-refractivity contribution in [3.05, 3.63) is 72.1 Å². The van der Waals surface area contributed by atoms with Crippen LogP contribution in [0, 0.1) is 5.82 Å². The van der Waals surface area contributed by atoms with Crippen molar-refractivity contribution in [1.29, 1.82) is 0 Å². The Bertz CT molecular complexity index is 1710. The Kier molecular flexibility index (Phi) is 5.59. The SMILES string of the molecule is CN(C)CC(=O)N1CCC(c2cc3c4c(ncnn24)Nc2c-3ccc3cn(Cc4ccc(F)cc4)nc23)CC1. The second-order valence-corrected chi connectivity index (χ2v) is 10.7. The highest BCUT2D eigenvalue weighted by Gasteiger charge is 2.30.